The van der Waals surface area contributed by atoms with Gasteiger partial charge >= 0.3 is 0 Å². The Hall–Kier alpha value is -7.10. The minimum Gasteiger partial charge on any atom is -0.508 e. The Morgan fingerprint density at radius 1 is 0.628 bits per heavy atom. The molecule has 0 aliphatic carbocycles. The zero-order chi connectivity index (χ0) is 57.9. The van der Waals surface area contributed by atoms with Crippen LogP contribution in [0.5, 0.6) is 11.5 Å². The van der Waals surface area contributed by atoms with Gasteiger partial charge in [0.25, 0.3) is 0 Å². The zero-order valence-corrected chi connectivity index (χ0v) is 46.2. The number of aromatic hydroxyl groups is 1. The van der Waals surface area contributed by atoms with Gasteiger partial charge in [-0.2, -0.15) is 0 Å². The van der Waals surface area contributed by atoms with Gasteiger partial charge in [-0.15, -0.1) is 0 Å². The standard InChI is InChI=1S/C52H76N12O12S2/c1-6-64(7-2)52(77)78-29-33-10-16-34(17-11-33)57-45(70)38(23-30(3)4)58-48(73)42(27-66)62-47(72)40(25-32-14-20-36(76-5)21-15-32)59-46(71)39(24-31-12-18-35(68)19-13-31)60-49(74)43(28-67)63-50(75)41(26-65)61-44(69)37(53)9-8-22-56-51(54)55/h10-21,30,37-43,65-68H,6-9,22-29,53H2,1-5H3,(H,57,70)(H,58,73)(H,59,71)(H,60,74)(H,61,69)(H,62,72)(H,63,75)(H4,54,55,56)/t37-,38-,39-,40-,41-,42-,43-/m1/s1. The molecule has 78 heavy (non-hydrogen) atoms. The lowest BCUT2D eigenvalue weighted by atomic mass is 10.0. The van der Waals surface area contributed by atoms with Gasteiger partial charge in [0.05, 0.1) is 33.0 Å². The highest BCUT2D eigenvalue weighted by atomic mass is 32.2. The number of hydrogen-bond acceptors (Lipinski definition) is 16. The van der Waals surface area contributed by atoms with Crippen LogP contribution < -0.4 is 59.2 Å². The van der Waals surface area contributed by atoms with Gasteiger partial charge in [0.15, 0.2) is 5.96 Å². The van der Waals surface area contributed by atoms with E-state index in [1.807, 2.05) is 39.8 Å². The van der Waals surface area contributed by atoms with Crippen LogP contribution in [-0.2, 0) is 52.2 Å². The summed E-state index contributed by atoms with van der Waals surface area (Å²) in [5.74, 6) is -5.60. The molecule has 3 rings (SSSR count). The summed E-state index contributed by atoms with van der Waals surface area (Å²) in [7, 11) is 1.46. The van der Waals surface area contributed by atoms with Gasteiger partial charge in [0.1, 0.15) is 52.1 Å². The van der Waals surface area contributed by atoms with E-state index in [2.05, 4.69) is 47.1 Å². The third-order valence-electron chi connectivity index (χ3n) is 11.9. The third kappa shape index (κ3) is 22.5. The Bertz CT molecular complexity index is 2460. The smallest absolute Gasteiger partial charge is 0.246 e. The highest BCUT2D eigenvalue weighted by molar-refractivity contribution is 8.22. The second kappa shape index (κ2) is 33.9. The maximum Gasteiger partial charge on any atom is 0.246 e. The molecule has 0 aliphatic rings. The summed E-state index contributed by atoms with van der Waals surface area (Å²) in [4.78, 5) is 102. The van der Waals surface area contributed by atoms with E-state index in [1.165, 1.54) is 43.1 Å². The molecule has 0 aliphatic heterocycles. The molecule has 0 aromatic heterocycles. The molecule has 7 atom stereocenters. The molecular weight excluding hydrogens is 1050 g/mol. The van der Waals surface area contributed by atoms with Crippen molar-refractivity contribution >= 4 is 81.3 Å². The van der Waals surface area contributed by atoms with E-state index in [4.69, 9.17) is 34.2 Å². The second-order valence-corrected chi connectivity index (χ2v) is 20.0. The van der Waals surface area contributed by atoms with Crippen molar-refractivity contribution in [2.24, 2.45) is 28.1 Å². The predicted molar refractivity (Wildman–Crippen MR) is 301 cm³/mol. The minimum absolute atomic E-state index is 0.0881. The summed E-state index contributed by atoms with van der Waals surface area (Å²) >= 11 is 7.08. The number of hydrogen-bond donors (Lipinski definition) is 14. The maximum atomic E-state index is 14.4. The monoisotopic (exact) mass is 1120 g/mol. The van der Waals surface area contributed by atoms with Crippen LogP contribution in [0.25, 0.3) is 0 Å². The molecule has 7 amide bonds. The summed E-state index contributed by atoms with van der Waals surface area (Å²) < 4.78 is 6.06. The number of nitrogens with one attached hydrogen (secondary N) is 7. The fraction of sp³-hybridized carbons (Fsp3) is 0.481. The molecule has 0 heterocycles. The Morgan fingerprint density at radius 3 is 1.49 bits per heavy atom. The van der Waals surface area contributed by atoms with E-state index in [1.54, 1.807) is 36.4 Å². The van der Waals surface area contributed by atoms with Gasteiger partial charge in [-0.1, -0.05) is 74.2 Å². The van der Waals surface area contributed by atoms with E-state index < -0.39 is 103 Å². The van der Waals surface area contributed by atoms with Gasteiger partial charge in [-0.3, -0.25) is 38.6 Å². The average molecular weight is 1130 g/mol. The number of ether oxygens (including phenoxy) is 1. The van der Waals surface area contributed by atoms with Gasteiger partial charge in [0.2, 0.25) is 41.4 Å². The summed E-state index contributed by atoms with van der Waals surface area (Å²) in [6, 6.07) is 8.96. The first-order valence-electron chi connectivity index (χ1n) is 25.3. The minimum atomic E-state index is -1.76. The summed E-state index contributed by atoms with van der Waals surface area (Å²) in [5.41, 5.74) is 18.9. The van der Waals surface area contributed by atoms with Crippen molar-refractivity contribution in [1.82, 2.24) is 36.8 Å². The number of benzene rings is 3. The van der Waals surface area contributed by atoms with Crippen molar-refractivity contribution in [3.8, 4) is 11.5 Å². The molecule has 0 saturated heterocycles. The van der Waals surface area contributed by atoms with Gasteiger partial charge < -0.3 is 84.5 Å². The van der Waals surface area contributed by atoms with E-state index in [0.29, 0.717) is 34.7 Å². The fourth-order valence-electron chi connectivity index (χ4n) is 7.49. The highest BCUT2D eigenvalue weighted by Crippen LogP contribution is 2.20. The first kappa shape index (κ1) is 65.2. The van der Waals surface area contributed by atoms with Crippen LogP contribution in [0.3, 0.4) is 0 Å². The lowest BCUT2D eigenvalue weighted by Crippen LogP contribution is -2.61. The van der Waals surface area contributed by atoms with Crippen LogP contribution in [0.15, 0.2) is 77.8 Å². The number of aliphatic imine (C=N–C) groups is 1. The van der Waals surface area contributed by atoms with E-state index in [9.17, 15) is 54.0 Å². The molecule has 24 nitrogen and oxygen atoms in total. The molecule has 0 unspecified atom stereocenters. The van der Waals surface area contributed by atoms with Crippen molar-refractivity contribution < 1.29 is 58.7 Å². The number of rotatable bonds is 32. The lowest BCUT2D eigenvalue weighted by molar-refractivity contribution is -0.136. The van der Waals surface area contributed by atoms with E-state index >= 15 is 0 Å². The Morgan fingerprint density at radius 2 is 1.05 bits per heavy atom. The normalized spacial score (nSPS) is 13.7. The SMILES string of the molecule is CCN(CC)C(=S)SCc1ccc(NC(=O)[C@@H](CC(C)C)NC(=O)[C@@H](CO)NC(=O)[C@@H](Cc2ccc(OC)cc2)NC(=O)[C@@H](Cc2ccc(O)cc2)NC(=O)[C@@H](CO)NC(=O)[C@@H](CO)NC(=O)[C@H](N)CCCN=C(N)N)cc1. The zero-order valence-electron chi connectivity index (χ0n) is 44.5. The number of aliphatic hydroxyl groups excluding tert-OH is 3. The van der Waals surface area contributed by atoms with Crippen LogP contribution in [0, 0.1) is 5.92 Å². The first-order valence-corrected chi connectivity index (χ1v) is 26.7. The number of amides is 7. The largest absolute Gasteiger partial charge is 0.508 e. The first-order chi connectivity index (χ1) is 37.1. The second-order valence-electron chi connectivity index (χ2n) is 18.4. The Balaban J connectivity index is 1.85. The molecule has 3 aromatic rings. The van der Waals surface area contributed by atoms with Crippen LogP contribution >= 0.6 is 24.0 Å². The van der Waals surface area contributed by atoms with Crippen LogP contribution in [0.2, 0.25) is 0 Å². The maximum absolute atomic E-state index is 14.4. The topological polar surface area (TPSA) is 388 Å². The number of thiocarbonyl (C=S) groups is 1. The van der Waals surface area contributed by atoms with Crippen LogP contribution in [0.4, 0.5) is 5.69 Å². The van der Waals surface area contributed by atoms with Crippen molar-refractivity contribution in [3.63, 3.8) is 0 Å². The molecule has 0 fully saturated rings. The molecule has 3 aromatic carbocycles. The van der Waals surface area contributed by atoms with Crippen molar-refractivity contribution in [3.05, 3.63) is 89.5 Å². The van der Waals surface area contributed by atoms with Crippen molar-refractivity contribution in [2.75, 3.05) is 51.9 Å². The van der Waals surface area contributed by atoms with Gasteiger partial charge in [-0.05, 0) is 92.1 Å². The van der Waals surface area contributed by atoms with Gasteiger partial charge in [0, 0.05) is 43.9 Å². The van der Waals surface area contributed by atoms with Crippen LogP contribution in [0.1, 0.15) is 63.6 Å². The molecule has 0 radical (unpaired) electrons. The number of guanidine groups is 1. The quantitative estimate of drug-likeness (QED) is 0.0154. The molecule has 0 spiro atoms. The van der Waals surface area contributed by atoms with Gasteiger partial charge in [-0.25, -0.2) is 0 Å². The predicted octanol–water partition coefficient (Wildman–Crippen LogP) is -1.00. The number of anilines is 1. The van der Waals surface area contributed by atoms with Crippen molar-refractivity contribution in [1.29, 1.82) is 0 Å². The summed E-state index contributed by atoms with van der Waals surface area (Å²) in [6.07, 6.45) is 0.131. The highest BCUT2D eigenvalue weighted by Gasteiger charge is 2.34. The molecule has 17 N–H and O–H groups in total. The molecule has 0 saturated carbocycles. The summed E-state index contributed by atoms with van der Waals surface area (Å²) in [5, 5.41) is 58.4. The lowest BCUT2D eigenvalue weighted by Gasteiger charge is -2.27. The van der Waals surface area contributed by atoms with Crippen molar-refractivity contribution in [2.45, 2.75) is 108 Å². The number of carbonyl (C=O) groups is 7. The summed E-state index contributed by atoms with van der Waals surface area (Å²) in [6.45, 7) is 6.68. The number of nitrogens with zero attached hydrogens (tertiary/aromatic N) is 2. The number of phenolic OH excluding ortho intramolecular Hbond substituents is 1. The average Bonchev–Trinajstić information content (AvgIpc) is 3.42. The molecule has 0 bridgehead atoms. The Labute approximate surface area is 463 Å². The fourth-order valence-corrected chi connectivity index (χ4v) is 8.85. The number of carbonyl (C=O) groups excluding carboxylic acids is 7. The number of thioether (sulfide) groups is 1. The molecular formula is C52H76N12O12S2. The van der Waals surface area contributed by atoms with E-state index in [-0.39, 0.29) is 49.9 Å². The number of phenols is 1. The number of methoxy groups -OCH3 is 1. The Kier molecular flexibility index (Phi) is 28.4. The number of aliphatic hydroxyl groups is 3. The number of nitrogens with two attached hydrogens (primary N) is 3. The molecule has 26 heteroatoms. The van der Waals surface area contributed by atoms with E-state index in [0.717, 1.165) is 23.0 Å². The third-order valence-corrected chi connectivity index (χ3v) is 13.5. The van der Waals surface area contributed by atoms with Crippen LogP contribution in [-0.4, -0.2) is 166 Å². The molecule has 428 valence electrons.